The summed E-state index contributed by atoms with van der Waals surface area (Å²) in [4.78, 5) is 0. The van der Waals surface area contributed by atoms with Crippen LogP contribution < -0.4 is 5.73 Å². The average molecular weight is 293 g/mol. The van der Waals surface area contributed by atoms with Gasteiger partial charge in [-0.2, -0.15) is 0 Å². The average Bonchev–Trinajstić information content (AvgIpc) is 2.22. The van der Waals surface area contributed by atoms with Gasteiger partial charge in [0.2, 0.25) is 0 Å². The van der Waals surface area contributed by atoms with Gasteiger partial charge in [0.25, 0.3) is 0 Å². The Labute approximate surface area is 104 Å². The molecular weight excluding hydrogens is 277 g/mol. The van der Waals surface area contributed by atoms with E-state index in [-0.39, 0.29) is 6.04 Å². The molecule has 0 fully saturated rings. The van der Waals surface area contributed by atoms with Gasteiger partial charge in [-0.1, -0.05) is 24.6 Å². The first-order valence-electron chi connectivity index (χ1n) is 4.93. The first-order chi connectivity index (χ1) is 7.15. The molecule has 1 rings (SSSR count). The molecule has 0 radical (unpaired) electrons. The Bertz CT molecular complexity index is 319. The summed E-state index contributed by atoms with van der Waals surface area (Å²) in [5.74, 6) is 0. The van der Waals surface area contributed by atoms with E-state index >= 15 is 0 Å². The highest BCUT2D eigenvalue weighted by molar-refractivity contribution is 9.10. The van der Waals surface area contributed by atoms with Gasteiger partial charge in [-0.25, -0.2) is 0 Å². The van der Waals surface area contributed by atoms with Crippen LogP contribution in [-0.2, 0) is 4.74 Å². The molecule has 0 saturated carbocycles. The lowest BCUT2D eigenvalue weighted by atomic mass is 10.1. The monoisotopic (exact) mass is 291 g/mol. The lowest BCUT2D eigenvalue weighted by Gasteiger charge is -2.12. The van der Waals surface area contributed by atoms with Crippen LogP contribution >= 0.6 is 27.5 Å². The molecule has 0 bridgehead atoms. The third-order valence-corrected chi connectivity index (χ3v) is 3.23. The molecular formula is C11H15BrClNO. The van der Waals surface area contributed by atoms with Crippen LogP contribution in [0.1, 0.15) is 24.9 Å². The van der Waals surface area contributed by atoms with Gasteiger partial charge in [-0.3, -0.25) is 0 Å². The Hall–Kier alpha value is -0.0900. The quantitative estimate of drug-likeness (QED) is 0.843. The zero-order chi connectivity index (χ0) is 11.3. The fraction of sp³-hybridized carbons (Fsp3) is 0.455. The zero-order valence-electron chi connectivity index (χ0n) is 8.67. The maximum absolute atomic E-state index is 5.97. The van der Waals surface area contributed by atoms with Crippen molar-refractivity contribution >= 4 is 27.5 Å². The van der Waals surface area contributed by atoms with Crippen LogP contribution in [0.2, 0.25) is 5.02 Å². The van der Waals surface area contributed by atoms with E-state index in [0.717, 1.165) is 23.1 Å². The summed E-state index contributed by atoms with van der Waals surface area (Å²) in [7, 11) is 0. The van der Waals surface area contributed by atoms with E-state index in [1.807, 2.05) is 18.2 Å². The van der Waals surface area contributed by atoms with Crippen LogP contribution in [0.5, 0.6) is 0 Å². The van der Waals surface area contributed by atoms with E-state index in [2.05, 4.69) is 22.9 Å². The lowest BCUT2D eigenvalue weighted by Crippen LogP contribution is -2.17. The number of ether oxygens (including phenoxy) is 1. The van der Waals surface area contributed by atoms with Crippen molar-refractivity contribution in [2.24, 2.45) is 5.73 Å². The molecule has 15 heavy (non-hydrogen) atoms. The van der Waals surface area contributed by atoms with Crippen molar-refractivity contribution < 1.29 is 4.74 Å². The molecule has 4 heteroatoms. The highest BCUT2D eigenvalue weighted by Gasteiger charge is 2.07. The third-order valence-electron chi connectivity index (χ3n) is 2.02. The maximum atomic E-state index is 5.97. The van der Waals surface area contributed by atoms with Gasteiger partial charge >= 0.3 is 0 Å². The normalized spacial score (nSPS) is 12.8. The number of nitrogens with two attached hydrogens (primary N) is 1. The third kappa shape index (κ3) is 4.11. The number of rotatable bonds is 5. The SMILES string of the molecule is CCCOCC(N)c1ccc(Cl)c(Br)c1. The van der Waals surface area contributed by atoms with Gasteiger partial charge in [0.1, 0.15) is 0 Å². The molecule has 1 unspecified atom stereocenters. The minimum absolute atomic E-state index is 0.0925. The fourth-order valence-electron chi connectivity index (χ4n) is 1.19. The standard InChI is InChI=1S/C11H15BrClNO/c1-2-5-15-7-11(14)8-3-4-10(13)9(12)6-8/h3-4,6,11H,2,5,7,14H2,1H3. The smallest absolute Gasteiger partial charge is 0.0659 e. The van der Waals surface area contributed by atoms with E-state index < -0.39 is 0 Å². The van der Waals surface area contributed by atoms with Crippen LogP contribution in [0, 0.1) is 0 Å². The van der Waals surface area contributed by atoms with Gasteiger partial charge in [0, 0.05) is 11.1 Å². The van der Waals surface area contributed by atoms with Crippen LogP contribution in [-0.4, -0.2) is 13.2 Å². The Morgan fingerprint density at radius 1 is 1.53 bits per heavy atom. The van der Waals surface area contributed by atoms with Crippen molar-refractivity contribution in [2.75, 3.05) is 13.2 Å². The minimum atomic E-state index is -0.0925. The topological polar surface area (TPSA) is 35.2 Å². The number of hydrogen-bond acceptors (Lipinski definition) is 2. The van der Waals surface area contributed by atoms with Crippen molar-refractivity contribution in [3.05, 3.63) is 33.3 Å². The van der Waals surface area contributed by atoms with E-state index in [1.54, 1.807) is 0 Å². The Morgan fingerprint density at radius 2 is 2.27 bits per heavy atom. The lowest BCUT2D eigenvalue weighted by molar-refractivity contribution is 0.121. The summed E-state index contributed by atoms with van der Waals surface area (Å²) < 4.78 is 6.26. The van der Waals surface area contributed by atoms with Crippen molar-refractivity contribution in [2.45, 2.75) is 19.4 Å². The minimum Gasteiger partial charge on any atom is -0.379 e. The Kier molecular flexibility index (Phi) is 5.61. The van der Waals surface area contributed by atoms with E-state index in [9.17, 15) is 0 Å². The summed E-state index contributed by atoms with van der Waals surface area (Å²) in [5.41, 5.74) is 7.00. The van der Waals surface area contributed by atoms with Crippen LogP contribution in [0.25, 0.3) is 0 Å². The Balaban J connectivity index is 2.57. The van der Waals surface area contributed by atoms with Crippen molar-refractivity contribution in [1.29, 1.82) is 0 Å². The molecule has 2 N–H and O–H groups in total. The van der Waals surface area contributed by atoms with Gasteiger partial charge in [0.05, 0.1) is 17.7 Å². The van der Waals surface area contributed by atoms with Gasteiger partial charge in [-0.05, 0) is 40.0 Å². The molecule has 2 nitrogen and oxygen atoms in total. The predicted molar refractivity (Wildman–Crippen MR) is 67.2 cm³/mol. The molecule has 0 spiro atoms. The Morgan fingerprint density at radius 3 is 2.87 bits per heavy atom. The largest absolute Gasteiger partial charge is 0.379 e. The van der Waals surface area contributed by atoms with Crippen LogP contribution in [0.15, 0.2) is 22.7 Å². The van der Waals surface area contributed by atoms with E-state index in [0.29, 0.717) is 11.6 Å². The molecule has 1 aromatic carbocycles. The van der Waals surface area contributed by atoms with Gasteiger partial charge in [0.15, 0.2) is 0 Å². The van der Waals surface area contributed by atoms with Crippen molar-refractivity contribution in [1.82, 2.24) is 0 Å². The number of benzene rings is 1. The van der Waals surface area contributed by atoms with Crippen molar-refractivity contribution in [3.63, 3.8) is 0 Å². The number of hydrogen-bond donors (Lipinski definition) is 1. The fourth-order valence-corrected chi connectivity index (χ4v) is 1.71. The van der Waals surface area contributed by atoms with Gasteiger partial charge in [-0.15, -0.1) is 0 Å². The van der Waals surface area contributed by atoms with Crippen molar-refractivity contribution in [3.8, 4) is 0 Å². The summed E-state index contributed by atoms with van der Waals surface area (Å²) in [6.07, 6.45) is 1.01. The second-order valence-corrected chi connectivity index (χ2v) is 4.62. The highest BCUT2D eigenvalue weighted by atomic mass is 79.9. The summed E-state index contributed by atoms with van der Waals surface area (Å²) in [6, 6.07) is 5.60. The molecule has 1 atom stereocenters. The molecule has 0 heterocycles. The second-order valence-electron chi connectivity index (χ2n) is 3.35. The van der Waals surface area contributed by atoms with E-state index in [1.165, 1.54) is 0 Å². The molecule has 1 aromatic rings. The van der Waals surface area contributed by atoms with Crippen LogP contribution in [0.4, 0.5) is 0 Å². The second kappa shape index (κ2) is 6.48. The first-order valence-corrected chi connectivity index (χ1v) is 6.10. The highest BCUT2D eigenvalue weighted by Crippen LogP contribution is 2.25. The van der Waals surface area contributed by atoms with Crippen LogP contribution in [0.3, 0.4) is 0 Å². The molecule has 0 aliphatic heterocycles. The maximum Gasteiger partial charge on any atom is 0.0659 e. The van der Waals surface area contributed by atoms with Gasteiger partial charge < -0.3 is 10.5 Å². The molecule has 0 aromatic heterocycles. The molecule has 0 saturated heterocycles. The molecule has 84 valence electrons. The molecule has 0 amide bonds. The first kappa shape index (κ1) is 13.0. The summed E-state index contributed by atoms with van der Waals surface area (Å²) in [6.45, 7) is 3.37. The summed E-state index contributed by atoms with van der Waals surface area (Å²) in [5, 5.41) is 0.695. The zero-order valence-corrected chi connectivity index (χ0v) is 11.0. The van der Waals surface area contributed by atoms with E-state index in [4.69, 9.17) is 22.1 Å². The number of halogens is 2. The predicted octanol–water partition coefficient (Wildman–Crippen LogP) is 3.53. The molecule has 0 aliphatic rings. The summed E-state index contributed by atoms with van der Waals surface area (Å²) >= 11 is 9.26. The molecule has 0 aliphatic carbocycles.